The van der Waals surface area contributed by atoms with Gasteiger partial charge in [0.25, 0.3) is 0 Å². The molecule has 1 aromatic carbocycles. The van der Waals surface area contributed by atoms with Gasteiger partial charge in [-0.3, -0.25) is 0 Å². The molecule has 2 aromatic rings. The van der Waals surface area contributed by atoms with Crippen molar-refractivity contribution in [3.8, 4) is 11.4 Å². The van der Waals surface area contributed by atoms with Crippen molar-refractivity contribution < 1.29 is 0 Å². The Bertz CT molecular complexity index is 550. The predicted molar refractivity (Wildman–Crippen MR) is 86.2 cm³/mol. The molecule has 1 heterocycles. The quantitative estimate of drug-likeness (QED) is 0.926. The molecule has 1 aromatic heterocycles. The van der Waals surface area contributed by atoms with E-state index in [1.54, 1.807) is 6.33 Å². The van der Waals surface area contributed by atoms with E-state index in [0.29, 0.717) is 6.04 Å². The van der Waals surface area contributed by atoms with Crippen molar-refractivity contribution in [2.24, 2.45) is 7.05 Å². The van der Waals surface area contributed by atoms with Crippen LogP contribution in [0.15, 0.2) is 30.6 Å². The number of rotatable bonds is 3. The second-order valence-corrected chi connectivity index (χ2v) is 6.03. The summed E-state index contributed by atoms with van der Waals surface area (Å²) < 4.78 is 1.94. The van der Waals surface area contributed by atoms with Crippen molar-refractivity contribution in [2.75, 3.05) is 5.32 Å². The van der Waals surface area contributed by atoms with Gasteiger partial charge in [0.2, 0.25) is 0 Å². The van der Waals surface area contributed by atoms with E-state index in [-0.39, 0.29) is 0 Å². The molecule has 0 saturated heterocycles. The largest absolute Gasteiger partial charge is 0.382 e. The van der Waals surface area contributed by atoms with Gasteiger partial charge in [-0.15, -0.1) is 10.2 Å². The van der Waals surface area contributed by atoms with Gasteiger partial charge in [-0.05, 0) is 37.1 Å². The van der Waals surface area contributed by atoms with Gasteiger partial charge >= 0.3 is 0 Å². The molecular weight excluding hydrogens is 260 g/mol. The molecule has 21 heavy (non-hydrogen) atoms. The summed E-state index contributed by atoms with van der Waals surface area (Å²) in [5, 5.41) is 11.8. The van der Waals surface area contributed by atoms with Crippen LogP contribution in [0.25, 0.3) is 11.4 Å². The van der Waals surface area contributed by atoms with Crippen LogP contribution >= 0.6 is 0 Å². The molecule has 4 heteroatoms. The predicted octanol–water partition coefficient (Wildman–Crippen LogP) is 4.01. The van der Waals surface area contributed by atoms with Gasteiger partial charge in [0.1, 0.15) is 6.33 Å². The number of aryl methyl sites for hydroxylation is 1. The molecule has 4 nitrogen and oxygen atoms in total. The summed E-state index contributed by atoms with van der Waals surface area (Å²) in [6.45, 7) is 0. The maximum atomic E-state index is 4.15. The standard InChI is InChI=1S/C17H24N4/c1-21-13-18-20-17(21)14-9-11-16(12-10-14)19-15-7-5-3-2-4-6-8-15/h9-13,15,19H,2-8H2,1H3. The van der Waals surface area contributed by atoms with Crippen molar-refractivity contribution in [2.45, 2.75) is 51.0 Å². The van der Waals surface area contributed by atoms with Gasteiger partial charge in [0.15, 0.2) is 5.82 Å². The Labute approximate surface area is 126 Å². The second-order valence-electron chi connectivity index (χ2n) is 6.03. The number of benzene rings is 1. The summed E-state index contributed by atoms with van der Waals surface area (Å²) in [6.07, 6.45) is 11.2. The first-order valence-corrected chi connectivity index (χ1v) is 8.04. The Morgan fingerprint density at radius 3 is 2.29 bits per heavy atom. The third-order valence-corrected chi connectivity index (χ3v) is 4.33. The van der Waals surface area contributed by atoms with E-state index in [4.69, 9.17) is 0 Å². The number of nitrogens with one attached hydrogen (secondary N) is 1. The van der Waals surface area contributed by atoms with Crippen LogP contribution in [0.4, 0.5) is 5.69 Å². The van der Waals surface area contributed by atoms with Gasteiger partial charge in [0, 0.05) is 24.3 Å². The molecule has 1 N–H and O–H groups in total. The average molecular weight is 284 g/mol. The lowest BCUT2D eigenvalue weighted by Gasteiger charge is -2.22. The van der Waals surface area contributed by atoms with Crippen molar-refractivity contribution in [3.05, 3.63) is 30.6 Å². The van der Waals surface area contributed by atoms with E-state index in [0.717, 1.165) is 11.4 Å². The highest BCUT2D eigenvalue weighted by Crippen LogP contribution is 2.23. The van der Waals surface area contributed by atoms with Crippen molar-refractivity contribution in [1.29, 1.82) is 0 Å². The van der Waals surface area contributed by atoms with Gasteiger partial charge in [0.05, 0.1) is 0 Å². The number of nitrogens with zero attached hydrogens (tertiary/aromatic N) is 3. The highest BCUT2D eigenvalue weighted by molar-refractivity contribution is 5.59. The minimum absolute atomic E-state index is 0.631. The Balaban J connectivity index is 1.65. The third-order valence-electron chi connectivity index (χ3n) is 4.33. The monoisotopic (exact) mass is 284 g/mol. The summed E-state index contributed by atoms with van der Waals surface area (Å²) in [7, 11) is 1.97. The van der Waals surface area contributed by atoms with E-state index in [1.807, 2.05) is 11.6 Å². The first kappa shape index (κ1) is 14.1. The molecule has 1 fully saturated rings. The van der Waals surface area contributed by atoms with Gasteiger partial charge in [-0.1, -0.05) is 32.1 Å². The molecule has 0 atom stereocenters. The number of aromatic nitrogens is 3. The maximum absolute atomic E-state index is 4.15. The number of anilines is 1. The Morgan fingerprint density at radius 1 is 1.00 bits per heavy atom. The van der Waals surface area contributed by atoms with E-state index in [2.05, 4.69) is 39.8 Å². The smallest absolute Gasteiger partial charge is 0.163 e. The molecule has 0 aliphatic heterocycles. The summed E-state index contributed by atoms with van der Waals surface area (Å²) in [5.74, 6) is 0.910. The zero-order chi connectivity index (χ0) is 14.5. The topological polar surface area (TPSA) is 42.7 Å². The summed E-state index contributed by atoms with van der Waals surface area (Å²) in [5.41, 5.74) is 2.32. The Morgan fingerprint density at radius 2 is 1.67 bits per heavy atom. The number of hydrogen-bond donors (Lipinski definition) is 1. The third kappa shape index (κ3) is 3.63. The second kappa shape index (κ2) is 6.74. The zero-order valence-electron chi connectivity index (χ0n) is 12.8. The van der Waals surface area contributed by atoms with Gasteiger partial charge in [-0.25, -0.2) is 0 Å². The zero-order valence-corrected chi connectivity index (χ0v) is 12.8. The molecule has 0 bridgehead atoms. The molecule has 3 rings (SSSR count). The van der Waals surface area contributed by atoms with E-state index >= 15 is 0 Å². The molecule has 112 valence electrons. The fourth-order valence-corrected chi connectivity index (χ4v) is 3.10. The molecule has 0 spiro atoms. The fraction of sp³-hybridized carbons (Fsp3) is 0.529. The first-order chi connectivity index (χ1) is 10.3. The molecule has 0 unspecified atom stereocenters. The van der Waals surface area contributed by atoms with Crippen LogP contribution in [0.3, 0.4) is 0 Å². The van der Waals surface area contributed by atoms with Crippen molar-refractivity contribution in [1.82, 2.24) is 14.8 Å². The minimum Gasteiger partial charge on any atom is -0.382 e. The van der Waals surface area contributed by atoms with Gasteiger partial charge in [-0.2, -0.15) is 0 Å². The van der Waals surface area contributed by atoms with Crippen LogP contribution in [0.5, 0.6) is 0 Å². The summed E-state index contributed by atoms with van der Waals surface area (Å²) in [6, 6.07) is 9.18. The maximum Gasteiger partial charge on any atom is 0.163 e. The minimum atomic E-state index is 0.631. The Hall–Kier alpha value is -1.84. The van der Waals surface area contributed by atoms with Crippen LogP contribution in [-0.2, 0) is 7.05 Å². The van der Waals surface area contributed by atoms with Crippen molar-refractivity contribution in [3.63, 3.8) is 0 Å². The highest BCUT2D eigenvalue weighted by atomic mass is 15.2. The lowest BCUT2D eigenvalue weighted by molar-refractivity contribution is 0.471. The SMILES string of the molecule is Cn1cnnc1-c1ccc(NC2CCCCCCC2)cc1. The van der Waals surface area contributed by atoms with Crippen molar-refractivity contribution >= 4 is 5.69 Å². The number of hydrogen-bond acceptors (Lipinski definition) is 3. The Kier molecular flexibility index (Phi) is 4.53. The van der Waals surface area contributed by atoms with Crippen LogP contribution in [0.2, 0.25) is 0 Å². The fourth-order valence-electron chi connectivity index (χ4n) is 3.10. The molecule has 0 radical (unpaired) electrons. The lowest BCUT2D eigenvalue weighted by atomic mass is 9.96. The van der Waals surface area contributed by atoms with Crippen LogP contribution < -0.4 is 5.32 Å². The molecule has 1 aliphatic rings. The summed E-state index contributed by atoms with van der Waals surface area (Å²) in [4.78, 5) is 0. The average Bonchev–Trinajstić information content (AvgIpc) is 2.89. The normalized spacial score (nSPS) is 17.2. The van der Waals surface area contributed by atoms with Gasteiger partial charge < -0.3 is 9.88 Å². The molecule has 1 aliphatic carbocycles. The highest BCUT2D eigenvalue weighted by Gasteiger charge is 2.11. The molecular formula is C17H24N4. The molecule has 0 amide bonds. The van der Waals surface area contributed by atoms with Crippen LogP contribution in [0.1, 0.15) is 44.9 Å². The van der Waals surface area contributed by atoms with Crippen LogP contribution in [0, 0.1) is 0 Å². The van der Waals surface area contributed by atoms with Crippen LogP contribution in [-0.4, -0.2) is 20.8 Å². The molecule has 1 saturated carbocycles. The first-order valence-electron chi connectivity index (χ1n) is 8.04. The lowest BCUT2D eigenvalue weighted by Crippen LogP contribution is -2.20. The van der Waals surface area contributed by atoms with E-state index in [9.17, 15) is 0 Å². The summed E-state index contributed by atoms with van der Waals surface area (Å²) >= 11 is 0. The van der Waals surface area contributed by atoms with E-state index in [1.165, 1.54) is 50.6 Å². The van der Waals surface area contributed by atoms with E-state index < -0.39 is 0 Å².